The molecule has 2 aliphatic rings. The van der Waals surface area contributed by atoms with Crippen molar-refractivity contribution < 1.29 is 13.2 Å². The number of hydrogen-bond donors (Lipinski definition) is 1. The lowest BCUT2D eigenvalue weighted by atomic mass is 10.2. The molecule has 2 fully saturated rings. The molecule has 0 heterocycles. The van der Waals surface area contributed by atoms with Gasteiger partial charge in [-0.2, -0.15) is 13.2 Å². The van der Waals surface area contributed by atoms with Gasteiger partial charge in [0.05, 0.1) is 0 Å². The third kappa shape index (κ3) is 1.24. The maximum absolute atomic E-state index is 12.2. The minimum absolute atomic E-state index is 0.152. The van der Waals surface area contributed by atoms with Gasteiger partial charge >= 0.3 is 6.18 Å². The Hall–Kier alpha value is -0.250. The van der Waals surface area contributed by atoms with Crippen LogP contribution in [0.15, 0.2) is 0 Å². The van der Waals surface area contributed by atoms with E-state index in [1.165, 1.54) is 0 Å². The molecule has 2 saturated carbocycles. The fourth-order valence-electron chi connectivity index (χ4n) is 1.25. The fraction of sp³-hybridized carbons (Fsp3) is 1.00. The summed E-state index contributed by atoms with van der Waals surface area (Å²) < 4.78 is 36.7. The van der Waals surface area contributed by atoms with Crippen LogP contribution in [0.2, 0.25) is 0 Å². The Morgan fingerprint density at radius 1 is 1.18 bits per heavy atom. The summed E-state index contributed by atoms with van der Waals surface area (Å²) in [6, 6.07) is 0.152. The number of hydrogen-bond acceptors (Lipinski definition) is 1. The normalized spacial score (nSPS) is 28.6. The molecule has 2 aliphatic carbocycles. The van der Waals surface area contributed by atoms with Crippen molar-refractivity contribution in [3.63, 3.8) is 0 Å². The first-order valence-corrected chi connectivity index (χ1v) is 3.88. The molecule has 1 nitrogen and oxygen atoms in total. The molecule has 0 saturated heterocycles. The van der Waals surface area contributed by atoms with Gasteiger partial charge in [-0.25, -0.2) is 0 Å². The van der Waals surface area contributed by atoms with Crippen LogP contribution >= 0.6 is 0 Å². The molecule has 0 aliphatic heterocycles. The zero-order valence-corrected chi connectivity index (χ0v) is 6.04. The van der Waals surface area contributed by atoms with Gasteiger partial charge in [0.2, 0.25) is 0 Å². The predicted octanol–water partition coefficient (Wildman–Crippen LogP) is 1.83. The third-order valence-electron chi connectivity index (χ3n) is 2.35. The molecular formula is C7H10F3N. The molecule has 0 aromatic carbocycles. The predicted molar refractivity (Wildman–Crippen MR) is 34.2 cm³/mol. The van der Waals surface area contributed by atoms with E-state index in [1.807, 2.05) is 0 Å². The third-order valence-corrected chi connectivity index (χ3v) is 2.35. The maximum atomic E-state index is 12.2. The molecule has 2 rings (SSSR count). The second-order valence-electron chi connectivity index (χ2n) is 3.50. The molecule has 0 spiro atoms. The Morgan fingerprint density at radius 3 is 2.00 bits per heavy atom. The minimum atomic E-state index is -4.03. The van der Waals surface area contributed by atoms with Crippen LogP contribution in [0.3, 0.4) is 0 Å². The van der Waals surface area contributed by atoms with E-state index < -0.39 is 11.7 Å². The van der Waals surface area contributed by atoms with Gasteiger partial charge in [0, 0.05) is 6.04 Å². The van der Waals surface area contributed by atoms with Gasteiger partial charge in [-0.15, -0.1) is 0 Å². The molecule has 0 amide bonds. The van der Waals surface area contributed by atoms with Crippen LogP contribution in [0, 0.1) is 0 Å². The Bertz CT molecular complexity index is 167. The molecule has 0 bridgehead atoms. The van der Waals surface area contributed by atoms with Crippen LogP contribution in [-0.2, 0) is 0 Å². The Balaban J connectivity index is 1.97. The maximum Gasteiger partial charge on any atom is 0.406 e. The zero-order valence-electron chi connectivity index (χ0n) is 6.04. The summed E-state index contributed by atoms with van der Waals surface area (Å²) in [5.41, 5.74) is -1.48. The van der Waals surface area contributed by atoms with Gasteiger partial charge in [-0.3, -0.25) is 0 Å². The van der Waals surface area contributed by atoms with Gasteiger partial charge in [0.1, 0.15) is 5.54 Å². The second-order valence-corrected chi connectivity index (χ2v) is 3.50. The van der Waals surface area contributed by atoms with Crippen LogP contribution in [0.1, 0.15) is 25.7 Å². The van der Waals surface area contributed by atoms with Gasteiger partial charge in [-0.1, -0.05) is 0 Å². The van der Waals surface area contributed by atoms with E-state index in [0.29, 0.717) is 0 Å². The van der Waals surface area contributed by atoms with E-state index in [2.05, 4.69) is 5.32 Å². The lowest BCUT2D eigenvalue weighted by molar-refractivity contribution is -0.166. The number of nitrogens with one attached hydrogen (secondary N) is 1. The van der Waals surface area contributed by atoms with Crippen molar-refractivity contribution in [1.82, 2.24) is 5.32 Å². The van der Waals surface area contributed by atoms with E-state index in [-0.39, 0.29) is 18.9 Å². The van der Waals surface area contributed by atoms with E-state index in [4.69, 9.17) is 0 Å². The Labute approximate surface area is 63.0 Å². The number of rotatable bonds is 2. The Morgan fingerprint density at radius 2 is 1.73 bits per heavy atom. The number of alkyl halides is 3. The van der Waals surface area contributed by atoms with Crippen molar-refractivity contribution in [2.75, 3.05) is 0 Å². The number of halogens is 3. The monoisotopic (exact) mass is 165 g/mol. The molecular weight excluding hydrogens is 155 g/mol. The van der Waals surface area contributed by atoms with E-state index in [0.717, 1.165) is 12.8 Å². The van der Waals surface area contributed by atoms with Crippen molar-refractivity contribution >= 4 is 0 Å². The fourth-order valence-corrected chi connectivity index (χ4v) is 1.25. The smallest absolute Gasteiger partial charge is 0.301 e. The van der Waals surface area contributed by atoms with Crippen LogP contribution in [-0.4, -0.2) is 17.8 Å². The largest absolute Gasteiger partial charge is 0.406 e. The topological polar surface area (TPSA) is 12.0 Å². The highest BCUT2D eigenvalue weighted by atomic mass is 19.4. The highest BCUT2D eigenvalue weighted by molar-refractivity contribution is 5.10. The van der Waals surface area contributed by atoms with Crippen LogP contribution in [0.5, 0.6) is 0 Å². The zero-order chi connectivity index (χ0) is 8.11. The summed E-state index contributed by atoms with van der Waals surface area (Å²) in [7, 11) is 0. The van der Waals surface area contributed by atoms with E-state index in [1.54, 1.807) is 0 Å². The quantitative estimate of drug-likeness (QED) is 0.658. The lowest BCUT2D eigenvalue weighted by Crippen LogP contribution is -2.45. The summed E-state index contributed by atoms with van der Waals surface area (Å²) in [4.78, 5) is 0. The molecule has 0 unspecified atom stereocenters. The van der Waals surface area contributed by atoms with Crippen molar-refractivity contribution in [2.45, 2.75) is 43.4 Å². The average molecular weight is 165 g/mol. The van der Waals surface area contributed by atoms with Crippen molar-refractivity contribution in [2.24, 2.45) is 0 Å². The average Bonchev–Trinajstić information content (AvgIpc) is 2.60. The first-order valence-electron chi connectivity index (χ1n) is 3.88. The molecule has 0 aromatic rings. The van der Waals surface area contributed by atoms with Gasteiger partial charge < -0.3 is 5.32 Å². The van der Waals surface area contributed by atoms with Crippen molar-refractivity contribution in [3.8, 4) is 0 Å². The van der Waals surface area contributed by atoms with Gasteiger partial charge in [-0.05, 0) is 25.7 Å². The molecule has 11 heavy (non-hydrogen) atoms. The Kier molecular flexibility index (Phi) is 1.29. The molecule has 0 atom stereocenters. The molecule has 0 radical (unpaired) electrons. The summed E-state index contributed by atoms with van der Waals surface area (Å²) in [6.07, 6.45) is -1.66. The van der Waals surface area contributed by atoms with E-state index in [9.17, 15) is 13.2 Å². The highest BCUT2D eigenvalue weighted by Crippen LogP contribution is 2.50. The molecule has 64 valence electrons. The first-order chi connectivity index (χ1) is 5.04. The van der Waals surface area contributed by atoms with Crippen LogP contribution in [0.25, 0.3) is 0 Å². The van der Waals surface area contributed by atoms with E-state index >= 15 is 0 Å². The summed E-state index contributed by atoms with van der Waals surface area (Å²) in [5.74, 6) is 0. The molecule has 1 N–H and O–H groups in total. The SMILES string of the molecule is FC(F)(F)C1(NC2CC2)CC1. The van der Waals surface area contributed by atoms with Crippen molar-refractivity contribution in [1.29, 1.82) is 0 Å². The standard InChI is InChI=1S/C7H10F3N/c8-7(9,10)6(3-4-6)11-5-1-2-5/h5,11H,1-4H2. The summed E-state index contributed by atoms with van der Waals surface area (Å²) in [6.45, 7) is 0. The minimum Gasteiger partial charge on any atom is -0.301 e. The lowest BCUT2D eigenvalue weighted by Gasteiger charge is -2.20. The van der Waals surface area contributed by atoms with Gasteiger partial charge in [0.25, 0.3) is 0 Å². The molecule has 4 heteroatoms. The van der Waals surface area contributed by atoms with Crippen LogP contribution in [0.4, 0.5) is 13.2 Å². The highest BCUT2D eigenvalue weighted by Gasteiger charge is 2.64. The van der Waals surface area contributed by atoms with Crippen LogP contribution < -0.4 is 5.32 Å². The first kappa shape index (κ1) is 7.40. The summed E-state index contributed by atoms with van der Waals surface area (Å²) in [5, 5.41) is 2.66. The van der Waals surface area contributed by atoms with Gasteiger partial charge in [0.15, 0.2) is 0 Å². The molecule has 0 aromatic heterocycles. The second kappa shape index (κ2) is 1.91. The summed E-state index contributed by atoms with van der Waals surface area (Å²) >= 11 is 0. The van der Waals surface area contributed by atoms with Crippen molar-refractivity contribution in [3.05, 3.63) is 0 Å².